The maximum Gasteiger partial charge on any atom is 0.315 e. The third-order valence-electron chi connectivity index (χ3n) is 5.03. The molecular weight excluding hydrogens is 394 g/mol. The predicted molar refractivity (Wildman–Crippen MR) is 112 cm³/mol. The Morgan fingerprint density at radius 1 is 1.38 bits per heavy atom. The number of carbonyl (C=O) groups is 1. The maximum absolute atomic E-state index is 12.8. The van der Waals surface area contributed by atoms with Crippen molar-refractivity contribution in [3.63, 3.8) is 0 Å². The number of hydrogen-bond donors (Lipinski definition) is 1. The van der Waals surface area contributed by atoms with Crippen LogP contribution in [0, 0.1) is 10.1 Å². The van der Waals surface area contributed by atoms with Gasteiger partial charge in [0.05, 0.1) is 24.2 Å². The Morgan fingerprint density at radius 2 is 2.10 bits per heavy atom. The Morgan fingerprint density at radius 3 is 2.69 bits per heavy atom. The molecule has 0 radical (unpaired) electrons. The van der Waals surface area contributed by atoms with E-state index in [1.54, 1.807) is 19.9 Å². The standard InChI is InChI=1S/C20H25N3O5S/c1-5-22-13-7-6-8-15(24)17(13)18(21-20(22)29)12-9-14(23(25)26)19(28-11(2)3)16(10-12)27-4/h9-11,18H,5-8H2,1-4H3,(H,21,29). The van der Waals surface area contributed by atoms with Crippen LogP contribution < -0.4 is 14.8 Å². The number of nitrogens with zero attached hydrogens (tertiary/aromatic N) is 2. The molecule has 0 saturated carbocycles. The van der Waals surface area contributed by atoms with E-state index in [0.717, 1.165) is 18.5 Å². The van der Waals surface area contributed by atoms with Gasteiger partial charge in [0.25, 0.3) is 0 Å². The summed E-state index contributed by atoms with van der Waals surface area (Å²) in [6, 6.07) is 2.56. The number of allylic oxidation sites excluding steroid dienone is 1. The normalized spacial score (nSPS) is 19.2. The highest BCUT2D eigenvalue weighted by Crippen LogP contribution is 2.44. The number of nitro benzene ring substituents is 1. The highest BCUT2D eigenvalue weighted by atomic mass is 32.1. The number of thiocarbonyl (C=S) groups is 1. The van der Waals surface area contributed by atoms with Gasteiger partial charge in [0.15, 0.2) is 16.6 Å². The van der Waals surface area contributed by atoms with Crippen molar-refractivity contribution in [3.8, 4) is 11.5 Å². The molecule has 1 aliphatic heterocycles. The molecule has 1 atom stereocenters. The van der Waals surface area contributed by atoms with Crippen molar-refractivity contribution < 1.29 is 19.2 Å². The zero-order valence-corrected chi connectivity index (χ0v) is 17.8. The van der Waals surface area contributed by atoms with Crippen molar-refractivity contribution in [1.29, 1.82) is 0 Å². The second-order valence-corrected chi connectivity index (χ2v) is 7.65. The van der Waals surface area contributed by atoms with Crippen LogP contribution in [-0.2, 0) is 4.79 Å². The highest BCUT2D eigenvalue weighted by molar-refractivity contribution is 7.80. The fourth-order valence-corrected chi connectivity index (χ4v) is 4.21. The minimum absolute atomic E-state index is 0.0360. The summed E-state index contributed by atoms with van der Waals surface area (Å²) >= 11 is 5.52. The summed E-state index contributed by atoms with van der Waals surface area (Å²) in [4.78, 5) is 26.0. The van der Waals surface area contributed by atoms with Crippen LogP contribution in [0.1, 0.15) is 51.6 Å². The molecule has 0 saturated heterocycles. The van der Waals surface area contributed by atoms with Gasteiger partial charge in [-0.2, -0.15) is 0 Å². The van der Waals surface area contributed by atoms with Crippen LogP contribution in [0.15, 0.2) is 23.4 Å². The third kappa shape index (κ3) is 3.91. The number of carbonyl (C=O) groups excluding carboxylic acids is 1. The van der Waals surface area contributed by atoms with E-state index >= 15 is 0 Å². The molecule has 8 nitrogen and oxygen atoms in total. The smallest absolute Gasteiger partial charge is 0.315 e. The maximum atomic E-state index is 12.8. The second kappa shape index (κ2) is 8.36. The van der Waals surface area contributed by atoms with Gasteiger partial charge in [-0.1, -0.05) is 0 Å². The van der Waals surface area contributed by atoms with Crippen LogP contribution >= 0.6 is 12.2 Å². The molecule has 2 aliphatic rings. The van der Waals surface area contributed by atoms with Crippen molar-refractivity contribution in [2.75, 3.05) is 13.7 Å². The Bertz CT molecular complexity index is 896. The Kier molecular flexibility index (Phi) is 6.07. The third-order valence-corrected chi connectivity index (χ3v) is 5.37. The van der Waals surface area contributed by atoms with Gasteiger partial charge in [-0.25, -0.2) is 0 Å². The highest BCUT2D eigenvalue weighted by Gasteiger charge is 2.38. The number of hydrogen-bond acceptors (Lipinski definition) is 6. The van der Waals surface area contributed by atoms with Gasteiger partial charge >= 0.3 is 5.69 Å². The van der Waals surface area contributed by atoms with Gasteiger partial charge in [0.2, 0.25) is 5.75 Å². The molecule has 1 aromatic rings. The van der Waals surface area contributed by atoms with E-state index < -0.39 is 11.0 Å². The quantitative estimate of drug-likeness (QED) is 0.424. The number of nitro groups is 1. The molecule has 9 heteroatoms. The number of rotatable bonds is 6. The van der Waals surface area contributed by atoms with Crippen molar-refractivity contribution in [2.24, 2.45) is 0 Å². The monoisotopic (exact) mass is 419 g/mol. The minimum Gasteiger partial charge on any atom is -0.493 e. The zero-order valence-electron chi connectivity index (χ0n) is 17.0. The van der Waals surface area contributed by atoms with Crippen molar-refractivity contribution >= 4 is 28.8 Å². The summed E-state index contributed by atoms with van der Waals surface area (Å²) in [6.07, 6.45) is 1.71. The number of benzene rings is 1. The van der Waals surface area contributed by atoms with Crippen LogP contribution in [0.5, 0.6) is 11.5 Å². The van der Waals surface area contributed by atoms with E-state index in [9.17, 15) is 14.9 Å². The van der Waals surface area contributed by atoms with Crippen LogP contribution in [-0.4, -0.2) is 40.5 Å². The molecule has 1 heterocycles. The summed E-state index contributed by atoms with van der Waals surface area (Å²) in [5.41, 5.74) is 1.87. The molecule has 1 N–H and O–H groups in total. The van der Waals surface area contributed by atoms with E-state index in [1.807, 2.05) is 11.8 Å². The first-order valence-corrected chi connectivity index (χ1v) is 10.1. The lowest BCUT2D eigenvalue weighted by molar-refractivity contribution is -0.386. The van der Waals surface area contributed by atoms with Gasteiger partial charge in [-0.05, 0) is 57.5 Å². The topological polar surface area (TPSA) is 93.9 Å². The molecule has 0 amide bonds. The lowest BCUT2D eigenvalue weighted by Crippen LogP contribution is -2.49. The molecule has 0 fully saturated rings. The summed E-state index contributed by atoms with van der Waals surface area (Å²) in [6.45, 7) is 6.20. The molecule has 156 valence electrons. The molecule has 1 unspecified atom stereocenters. The van der Waals surface area contributed by atoms with E-state index in [2.05, 4.69) is 5.32 Å². The molecule has 0 aromatic heterocycles. The van der Waals surface area contributed by atoms with E-state index in [-0.39, 0.29) is 29.1 Å². The Balaban J connectivity index is 2.19. The summed E-state index contributed by atoms with van der Waals surface area (Å²) < 4.78 is 11.1. The molecule has 29 heavy (non-hydrogen) atoms. The zero-order chi connectivity index (χ0) is 21.3. The van der Waals surface area contributed by atoms with Crippen LogP contribution in [0.4, 0.5) is 5.69 Å². The van der Waals surface area contributed by atoms with Crippen molar-refractivity contribution in [2.45, 2.75) is 52.2 Å². The van der Waals surface area contributed by atoms with Crippen molar-refractivity contribution in [1.82, 2.24) is 10.2 Å². The average molecular weight is 420 g/mol. The molecule has 1 aromatic carbocycles. The van der Waals surface area contributed by atoms with Crippen LogP contribution in [0.3, 0.4) is 0 Å². The lowest BCUT2D eigenvalue weighted by atomic mass is 9.84. The first-order valence-electron chi connectivity index (χ1n) is 9.65. The summed E-state index contributed by atoms with van der Waals surface area (Å²) in [7, 11) is 1.43. The predicted octanol–water partition coefficient (Wildman–Crippen LogP) is 3.65. The second-order valence-electron chi connectivity index (χ2n) is 7.26. The molecule has 0 bridgehead atoms. The lowest BCUT2D eigenvalue weighted by Gasteiger charge is -2.40. The molecule has 3 rings (SSSR count). The number of ketones is 1. The average Bonchev–Trinajstić information content (AvgIpc) is 2.67. The molecule has 1 aliphatic carbocycles. The van der Waals surface area contributed by atoms with Gasteiger partial charge in [-0.15, -0.1) is 0 Å². The molecular formula is C20H25N3O5S. The SMILES string of the molecule is CCN1C(=S)NC(c2cc(OC)c(OC(C)C)c([N+](=O)[O-])c2)C2=C1CCCC2=O. The first kappa shape index (κ1) is 21.0. The fraction of sp³-hybridized carbons (Fsp3) is 0.500. The Hall–Kier alpha value is -2.68. The van der Waals surface area contributed by atoms with Gasteiger partial charge in [-0.3, -0.25) is 14.9 Å². The number of ether oxygens (including phenoxy) is 2. The minimum atomic E-state index is -0.561. The number of methoxy groups -OCH3 is 1. The molecule has 0 spiro atoms. The fourth-order valence-electron chi connectivity index (χ4n) is 3.85. The van der Waals surface area contributed by atoms with Gasteiger partial charge in [0, 0.05) is 30.3 Å². The van der Waals surface area contributed by atoms with Crippen molar-refractivity contribution in [3.05, 3.63) is 39.1 Å². The summed E-state index contributed by atoms with van der Waals surface area (Å²) in [5.74, 6) is 0.363. The van der Waals surface area contributed by atoms with Crippen LogP contribution in [0.25, 0.3) is 0 Å². The van der Waals surface area contributed by atoms with Gasteiger partial charge in [0.1, 0.15) is 0 Å². The number of Topliss-reactive ketones (excluding diaryl/α,β-unsaturated/α-hetero) is 1. The van der Waals surface area contributed by atoms with Crippen LogP contribution in [0.2, 0.25) is 0 Å². The van der Waals surface area contributed by atoms with E-state index in [4.69, 9.17) is 21.7 Å². The largest absolute Gasteiger partial charge is 0.493 e. The van der Waals surface area contributed by atoms with Gasteiger partial charge < -0.3 is 19.7 Å². The Labute approximate surface area is 175 Å². The van der Waals surface area contributed by atoms with E-state index in [0.29, 0.717) is 29.2 Å². The number of nitrogens with one attached hydrogen (secondary N) is 1. The summed E-state index contributed by atoms with van der Waals surface area (Å²) in [5, 5.41) is 15.5. The van der Waals surface area contributed by atoms with E-state index in [1.165, 1.54) is 13.2 Å². The first-order chi connectivity index (χ1) is 13.8.